The summed E-state index contributed by atoms with van der Waals surface area (Å²) in [5, 5.41) is 4.51. The zero-order valence-electron chi connectivity index (χ0n) is 15.7. The Hall–Kier alpha value is -3.55. The van der Waals surface area contributed by atoms with E-state index in [1.165, 1.54) is 20.3 Å². The van der Waals surface area contributed by atoms with Crippen LogP contribution >= 0.6 is 0 Å². The smallest absolute Gasteiger partial charge is 0.328 e. The van der Waals surface area contributed by atoms with Crippen molar-refractivity contribution in [3.63, 3.8) is 0 Å². The van der Waals surface area contributed by atoms with E-state index in [-0.39, 0.29) is 18.2 Å². The highest BCUT2D eigenvalue weighted by atomic mass is 16.5. The minimum absolute atomic E-state index is 0.0509. The minimum Gasteiger partial charge on any atom is -0.497 e. The Labute approximate surface area is 161 Å². The Balaban J connectivity index is 1.63. The predicted octanol–water partition coefficient (Wildman–Crippen LogP) is 2.71. The largest absolute Gasteiger partial charge is 0.497 e. The third kappa shape index (κ3) is 4.40. The topological polar surface area (TPSA) is 99.9 Å². The van der Waals surface area contributed by atoms with Gasteiger partial charge in [0.25, 0.3) is 5.91 Å². The molecule has 146 valence electrons. The van der Waals surface area contributed by atoms with Crippen molar-refractivity contribution >= 4 is 22.6 Å². The number of nitrogens with one attached hydrogen (secondary N) is 1. The van der Waals surface area contributed by atoms with Crippen LogP contribution in [0.25, 0.3) is 10.8 Å². The number of hydrogen-bond acceptors (Lipinski definition) is 7. The van der Waals surface area contributed by atoms with Crippen LogP contribution in [0, 0.1) is 0 Å². The molecule has 0 aliphatic rings. The van der Waals surface area contributed by atoms with Crippen LogP contribution in [0.5, 0.6) is 11.5 Å². The normalized spacial score (nSPS) is 11.7. The van der Waals surface area contributed by atoms with Gasteiger partial charge in [0.1, 0.15) is 23.8 Å². The van der Waals surface area contributed by atoms with Gasteiger partial charge in [-0.1, -0.05) is 12.1 Å². The number of nitrogens with zero attached hydrogens (tertiary/aromatic N) is 1. The number of rotatable bonds is 7. The number of methoxy groups -OCH3 is 2. The SMILES string of the molecule is COC(=O)[C@@H](C)NC(=O)c1coc(COc2ccc3ccc(OC)cc3c2)n1. The molecule has 0 bridgehead atoms. The second-order valence-corrected chi connectivity index (χ2v) is 6.01. The summed E-state index contributed by atoms with van der Waals surface area (Å²) in [5.74, 6) is 0.541. The van der Waals surface area contributed by atoms with E-state index in [1.807, 2.05) is 36.4 Å². The fourth-order valence-electron chi connectivity index (χ4n) is 2.55. The van der Waals surface area contributed by atoms with Crippen LogP contribution in [-0.4, -0.2) is 37.1 Å². The molecule has 3 aromatic rings. The highest BCUT2D eigenvalue weighted by molar-refractivity contribution is 5.94. The van der Waals surface area contributed by atoms with Gasteiger partial charge in [-0.25, -0.2) is 9.78 Å². The van der Waals surface area contributed by atoms with E-state index in [4.69, 9.17) is 13.9 Å². The van der Waals surface area contributed by atoms with Crippen molar-refractivity contribution in [3.05, 3.63) is 54.2 Å². The number of aromatic nitrogens is 1. The van der Waals surface area contributed by atoms with E-state index in [2.05, 4.69) is 15.0 Å². The summed E-state index contributed by atoms with van der Waals surface area (Å²) in [4.78, 5) is 27.5. The first-order valence-corrected chi connectivity index (χ1v) is 8.54. The lowest BCUT2D eigenvalue weighted by molar-refractivity contribution is -0.142. The Kier molecular flexibility index (Phi) is 5.78. The molecule has 8 heteroatoms. The molecule has 0 aliphatic carbocycles. The molecule has 1 heterocycles. The summed E-state index contributed by atoms with van der Waals surface area (Å²) in [7, 11) is 2.86. The van der Waals surface area contributed by atoms with Crippen molar-refractivity contribution in [1.29, 1.82) is 0 Å². The minimum atomic E-state index is -0.788. The molecule has 1 N–H and O–H groups in total. The van der Waals surface area contributed by atoms with Crippen molar-refractivity contribution < 1.29 is 28.2 Å². The molecule has 2 aromatic carbocycles. The number of carbonyl (C=O) groups excluding carboxylic acids is 2. The summed E-state index contributed by atoms with van der Waals surface area (Å²) < 4.78 is 20.8. The average Bonchev–Trinajstić information content (AvgIpc) is 3.20. The molecule has 1 amide bonds. The molecule has 8 nitrogen and oxygen atoms in total. The van der Waals surface area contributed by atoms with Crippen LogP contribution in [0.3, 0.4) is 0 Å². The van der Waals surface area contributed by atoms with E-state index in [0.717, 1.165) is 16.5 Å². The number of oxazole rings is 1. The predicted molar refractivity (Wildman–Crippen MR) is 100 cm³/mol. The van der Waals surface area contributed by atoms with Crippen LogP contribution < -0.4 is 14.8 Å². The van der Waals surface area contributed by atoms with E-state index in [1.54, 1.807) is 7.11 Å². The zero-order valence-corrected chi connectivity index (χ0v) is 15.7. The first kappa shape index (κ1) is 19.2. The van der Waals surface area contributed by atoms with Crippen molar-refractivity contribution in [2.75, 3.05) is 14.2 Å². The molecule has 28 heavy (non-hydrogen) atoms. The van der Waals surface area contributed by atoms with Crippen LogP contribution in [0.4, 0.5) is 0 Å². The van der Waals surface area contributed by atoms with Gasteiger partial charge in [0, 0.05) is 0 Å². The molecule has 0 radical (unpaired) electrons. The molecular weight excluding hydrogens is 364 g/mol. The summed E-state index contributed by atoms with van der Waals surface area (Å²) in [6, 6.07) is 10.6. The van der Waals surface area contributed by atoms with Crippen LogP contribution in [0.2, 0.25) is 0 Å². The van der Waals surface area contributed by atoms with E-state index >= 15 is 0 Å². The summed E-state index contributed by atoms with van der Waals surface area (Å²) in [6.07, 6.45) is 1.21. The number of esters is 1. The number of fused-ring (bicyclic) bond motifs is 1. The maximum absolute atomic E-state index is 12.1. The first-order chi connectivity index (χ1) is 13.5. The third-order valence-corrected chi connectivity index (χ3v) is 4.07. The summed E-state index contributed by atoms with van der Waals surface area (Å²) >= 11 is 0. The molecule has 0 unspecified atom stereocenters. The lowest BCUT2D eigenvalue weighted by Gasteiger charge is -2.09. The summed E-state index contributed by atoms with van der Waals surface area (Å²) in [6.45, 7) is 1.57. The zero-order chi connectivity index (χ0) is 20.1. The highest BCUT2D eigenvalue weighted by Gasteiger charge is 2.19. The average molecular weight is 384 g/mol. The van der Waals surface area contributed by atoms with Gasteiger partial charge in [-0.15, -0.1) is 0 Å². The highest BCUT2D eigenvalue weighted by Crippen LogP contribution is 2.25. The van der Waals surface area contributed by atoms with E-state index in [0.29, 0.717) is 5.75 Å². The van der Waals surface area contributed by atoms with Crippen molar-refractivity contribution in [2.45, 2.75) is 19.6 Å². The Bertz CT molecular complexity index is 997. The molecule has 3 rings (SSSR count). The fraction of sp³-hybridized carbons (Fsp3) is 0.250. The first-order valence-electron chi connectivity index (χ1n) is 8.54. The Morgan fingerprint density at radius 1 is 1.11 bits per heavy atom. The van der Waals surface area contributed by atoms with Crippen molar-refractivity contribution in [3.8, 4) is 11.5 Å². The number of hydrogen-bond donors (Lipinski definition) is 1. The standard InChI is InChI=1S/C20H20N2O6/c1-12(20(24)26-3)21-19(23)17-10-28-18(22-17)11-27-16-7-5-13-4-6-15(25-2)8-14(13)9-16/h4-10,12H,11H2,1-3H3,(H,21,23)/t12-/m1/s1. The fourth-order valence-corrected chi connectivity index (χ4v) is 2.55. The molecule has 0 fully saturated rings. The molecule has 1 atom stereocenters. The van der Waals surface area contributed by atoms with Gasteiger partial charge in [-0.05, 0) is 42.0 Å². The number of amides is 1. The van der Waals surface area contributed by atoms with Gasteiger partial charge in [0.05, 0.1) is 14.2 Å². The summed E-state index contributed by atoms with van der Waals surface area (Å²) in [5.41, 5.74) is 0.0533. The van der Waals surface area contributed by atoms with Crippen molar-refractivity contribution in [1.82, 2.24) is 10.3 Å². The molecule has 0 spiro atoms. The number of benzene rings is 2. The van der Waals surface area contributed by atoms with E-state index in [9.17, 15) is 9.59 Å². The van der Waals surface area contributed by atoms with Gasteiger partial charge in [0.15, 0.2) is 12.3 Å². The molecule has 0 aliphatic heterocycles. The quantitative estimate of drug-likeness (QED) is 0.625. The van der Waals surface area contributed by atoms with Crippen LogP contribution in [-0.2, 0) is 16.1 Å². The Morgan fingerprint density at radius 2 is 1.82 bits per heavy atom. The van der Waals surface area contributed by atoms with Gasteiger partial charge < -0.3 is 23.9 Å². The van der Waals surface area contributed by atoms with Gasteiger partial charge in [-0.2, -0.15) is 0 Å². The molecule has 0 saturated carbocycles. The van der Waals surface area contributed by atoms with Gasteiger partial charge >= 0.3 is 5.97 Å². The lowest BCUT2D eigenvalue weighted by atomic mass is 10.1. The van der Waals surface area contributed by atoms with Gasteiger partial charge in [-0.3, -0.25) is 4.79 Å². The van der Waals surface area contributed by atoms with Crippen LogP contribution in [0.15, 0.2) is 47.1 Å². The maximum Gasteiger partial charge on any atom is 0.328 e. The second-order valence-electron chi connectivity index (χ2n) is 6.01. The van der Waals surface area contributed by atoms with E-state index < -0.39 is 17.9 Å². The second kappa shape index (κ2) is 8.43. The number of carbonyl (C=O) groups is 2. The Morgan fingerprint density at radius 3 is 2.54 bits per heavy atom. The monoisotopic (exact) mass is 384 g/mol. The van der Waals surface area contributed by atoms with Crippen molar-refractivity contribution in [2.24, 2.45) is 0 Å². The van der Waals surface area contributed by atoms with Gasteiger partial charge in [0.2, 0.25) is 5.89 Å². The maximum atomic E-state index is 12.1. The molecular formula is C20H20N2O6. The number of ether oxygens (including phenoxy) is 3. The molecule has 0 saturated heterocycles. The molecule has 1 aromatic heterocycles. The third-order valence-electron chi connectivity index (χ3n) is 4.07. The lowest BCUT2D eigenvalue weighted by Crippen LogP contribution is -2.39. The van der Waals surface area contributed by atoms with Crippen LogP contribution in [0.1, 0.15) is 23.3 Å².